The van der Waals surface area contributed by atoms with Crippen LogP contribution in [-0.4, -0.2) is 19.9 Å². The van der Waals surface area contributed by atoms with E-state index in [9.17, 15) is 0 Å². The standard InChI is InChI=1S/C25H27N5/c1-16-6-5-11-27-23(16)17-8-10-21-19(12-17)13-18(24(26)30-21)7-9-20-14-22(25(2,3)4)29-15-28-20/h5-6,8,10-15H,7,9H2,1-4H3,(H2,26,30). The highest BCUT2D eigenvalue weighted by Gasteiger charge is 2.16. The van der Waals surface area contributed by atoms with E-state index in [4.69, 9.17) is 5.73 Å². The summed E-state index contributed by atoms with van der Waals surface area (Å²) in [5.41, 5.74) is 13.5. The largest absolute Gasteiger partial charge is 0.383 e. The third-order valence-electron chi connectivity index (χ3n) is 5.35. The molecule has 0 aliphatic rings. The third kappa shape index (κ3) is 4.15. The van der Waals surface area contributed by atoms with Crippen LogP contribution >= 0.6 is 0 Å². The maximum absolute atomic E-state index is 6.27. The van der Waals surface area contributed by atoms with Crippen LogP contribution in [0.4, 0.5) is 5.82 Å². The Morgan fingerprint density at radius 2 is 1.77 bits per heavy atom. The van der Waals surface area contributed by atoms with Crippen LogP contribution in [0.25, 0.3) is 22.2 Å². The number of pyridine rings is 2. The van der Waals surface area contributed by atoms with E-state index >= 15 is 0 Å². The lowest BCUT2D eigenvalue weighted by atomic mass is 9.91. The van der Waals surface area contributed by atoms with Crippen LogP contribution in [0.5, 0.6) is 0 Å². The number of aryl methyl sites for hydroxylation is 3. The molecule has 5 heteroatoms. The molecular formula is C25H27N5. The Morgan fingerprint density at radius 1 is 0.933 bits per heavy atom. The zero-order valence-electron chi connectivity index (χ0n) is 18.0. The summed E-state index contributed by atoms with van der Waals surface area (Å²) in [6.45, 7) is 8.55. The molecule has 0 spiro atoms. The van der Waals surface area contributed by atoms with Crippen LogP contribution in [0.15, 0.2) is 55.0 Å². The Morgan fingerprint density at radius 3 is 2.53 bits per heavy atom. The fraction of sp³-hybridized carbons (Fsp3) is 0.280. The number of rotatable bonds is 4. The van der Waals surface area contributed by atoms with Crippen LogP contribution in [0, 0.1) is 6.92 Å². The third-order valence-corrected chi connectivity index (χ3v) is 5.35. The first-order valence-electron chi connectivity index (χ1n) is 10.2. The average Bonchev–Trinajstić information content (AvgIpc) is 2.72. The SMILES string of the molecule is Cc1cccnc1-c1ccc2nc(N)c(CCc3cc(C(C)(C)C)ncn3)cc2c1. The van der Waals surface area contributed by atoms with Crippen LogP contribution < -0.4 is 5.73 Å². The Labute approximate surface area is 177 Å². The number of nitrogen functional groups attached to an aromatic ring is 1. The van der Waals surface area contributed by atoms with Gasteiger partial charge in [0.1, 0.15) is 12.1 Å². The van der Waals surface area contributed by atoms with Gasteiger partial charge in [-0.2, -0.15) is 0 Å². The second-order valence-corrected chi connectivity index (χ2v) is 8.75. The summed E-state index contributed by atoms with van der Waals surface area (Å²) in [7, 11) is 0. The highest BCUT2D eigenvalue weighted by Crippen LogP contribution is 2.27. The minimum absolute atomic E-state index is 0.00122. The van der Waals surface area contributed by atoms with Gasteiger partial charge in [0, 0.05) is 33.9 Å². The normalized spacial score (nSPS) is 11.7. The summed E-state index contributed by atoms with van der Waals surface area (Å²) in [6.07, 6.45) is 5.05. The quantitative estimate of drug-likeness (QED) is 0.521. The number of nitrogens with two attached hydrogens (primary N) is 1. The summed E-state index contributed by atoms with van der Waals surface area (Å²) in [5.74, 6) is 0.578. The number of hydrogen-bond acceptors (Lipinski definition) is 5. The Balaban J connectivity index is 1.63. The van der Waals surface area contributed by atoms with Gasteiger partial charge >= 0.3 is 0 Å². The molecular weight excluding hydrogens is 370 g/mol. The molecule has 2 N–H and O–H groups in total. The number of hydrogen-bond donors (Lipinski definition) is 1. The fourth-order valence-corrected chi connectivity index (χ4v) is 3.58. The highest BCUT2D eigenvalue weighted by molar-refractivity contribution is 5.86. The molecule has 0 unspecified atom stereocenters. The predicted molar refractivity (Wildman–Crippen MR) is 122 cm³/mol. The number of nitrogens with zero attached hydrogens (tertiary/aromatic N) is 4. The van der Waals surface area contributed by atoms with Crippen molar-refractivity contribution in [3.8, 4) is 11.3 Å². The molecule has 3 aromatic heterocycles. The molecule has 5 nitrogen and oxygen atoms in total. The molecule has 152 valence electrons. The summed E-state index contributed by atoms with van der Waals surface area (Å²) >= 11 is 0. The van der Waals surface area contributed by atoms with Gasteiger partial charge in [0.25, 0.3) is 0 Å². The number of fused-ring (bicyclic) bond motifs is 1. The van der Waals surface area contributed by atoms with E-state index in [-0.39, 0.29) is 5.41 Å². The van der Waals surface area contributed by atoms with E-state index in [1.165, 1.54) is 0 Å². The molecule has 3 heterocycles. The molecule has 1 aromatic carbocycles. The van der Waals surface area contributed by atoms with Crippen molar-refractivity contribution in [2.24, 2.45) is 0 Å². The molecule has 0 bridgehead atoms. The maximum atomic E-state index is 6.27. The topological polar surface area (TPSA) is 77.6 Å². The van der Waals surface area contributed by atoms with Crippen LogP contribution in [0.2, 0.25) is 0 Å². The van der Waals surface area contributed by atoms with Gasteiger partial charge in [0.2, 0.25) is 0 Å². The molecule has 0 atom stereocenters. The molecule has 4 rings (SSSR count). The summed E-state index contributed by atoms with van der Waals surface area (Å²) < 4.78 is 0. The van der Waals surface area contributed by atoms with E-state index < -0.39 is 0 Å². The minimum Gasteiger partial charge on any atom is -0.383 e. The summed E-state index contributed by atoms with van der Waals surface area (Å²) in [4.78, 5) is 18.0. The molecule has 0 aliphatic heterocycles. The monoisotopic (exact) mass is 397 g/mol. The van der Waals surface area contributed by atoms with Gasteiger partial charge in [-0.1, -0.05) is 32.9 Å². The second kappa shape index (κ2) is 7.82. The minimum atomic E-state index is 0.00122. The number of aromatic nitrogens is 4. The van der Waals surface area contributed by atoms with Crippen LogP contribution in [-0.2, 0) is 18.3 Å². The van der Waals surface area contributed by atoms with Crippen molar-refractivity contribution < 1.29 is 0 Å². The predicted octanol–water partition coefficient (Wildman–Crippen LogP) is 5.06. The van der Waals surface area contributed by atoms with Crippen LogP contribution in [0.3, 0.4) is 0 Å². The van der Waals surface area contributed by atoms with Gasteiger partial charge in [0.05, 0.1) is 11.2 Å². The van der Waals surface area contributed by atoms with Crippen molar-refractivity contribution in [3.05, 3.63) is 77.5 Å². The average molecular weight is 398 g/mol. The first-order chi connectivity index (χ1) is 14.3. The van der Waals surface area contributed by atoms with Crippen molar-refractivity contribution in [2.45, 2.75) is 46.0 Å². The van der Waals surface area contributed by atoms with Crippen molar-refractivity contribution in [1.29, 1.82) is 0 Å². The van der Waals surface area contributed by atoms with Gasteiger partial charge in [-0.3, -0.25) is 4.98 Å². The second-order valence-electron chi connectivity index (χ2n) is 8.75. The maximum Gasteiger partial charge on any atom is 0.127 e. The lowest BCUT2D eigenvalue weighted by Crippen LogP contribution is -2.14. The van der Waals surface area contributed by atoms with Gasteiger partial charge in [0.15, 0.2) is 0 Å². The van der Waals surface area contributed by atoms with Crippen molar-refractivity contribution in [1.82, 2.24) is 19.9 Å². The highest BCUT2D eigenvalue weighted by atomic mass is 14.9. The Kier molecular flexibility index (Phi) is 5.20. The summed E-state index contributed by atoms with van der Waals surface area (Å²) in [5, 5.41) is 1.07. The van der Waals surface area contributed by atoms with Gasteiger partial charge in [-0.15, -0.1) is 0 Å². The van der Waals surface area contributed by atoms with Crippen molar-refractivity contribution in [2.75, 3.05) is 5.73 Å². The molecule has 0 saturated carbocycles. The van der Waals surface area contributed by atoms with Crippen molar-refractivity contribution in [3.63, 3.8) is 0 Å². The summed E-state index contributed by atoms with van der Waals surface area (Å²) in [6, 6.07) is 14.5. The van der Waals surface area contributed by atoms with E-state index in [1.807, 2.05) is 18.3 Å². The van der Waals surface area contributed by atoms with E-state index in [1.54, 1.807) is 6.33 Å². The van der Waals surface area contributed by atoms with E-state index in [0.717, 1.165) is 57.5 Å². The molecule has 0 saturated heterocycles. The van der Waals surface area contributed by atoms with Gasteiger partial charge in [-0.25, -0.2) is 15.0 Å². The Hall–Kier alpha value is -3.34. The van der Waals surface area contributed by atoms with E-state index in [0.29, 0.717) is 5.82 Å². The smallest absolute Gasteiger partial charge is 0.127 e. The molecule has 4 aromatic rings. The molecule has 0 fully saturated rings. The zero-order chi connectivity index (χ0) is 21.3. The lowest BCUT2D eigenvalue weighted by molar-refractivity contribution is 0.564. The van der Waals surface area contributed by atoms with Crippen molar-refractivity contribution >= 4 is 16.7 Å². The lowest BCUT2D eigenvalue weighted by Gasteiger charge is -2.17. The van der Waals surface area contributed by atoms with Gasteiger partial charge < -0.3 is 5.73 Å². The van der Waals surface area contributed by atoms with Crippen LogP contribution in [0.1, 0.15) is 43.3 Å². The molecule has 0 aliphatic carbocycles. The molecule has 0 radical (unpaired) electrons. The number of anilines is 1. The number of benzene rings is 1. The van der Waals surface area contributed by atoms with E-state index in [2.05, 4.69) is 78.0 Å². The molecule has 30 heavy (non-hydrogen) atoms. The fourth-order valence-electron chi connectivity index (χ4n) is 3.58. The Bertz CT molecular complexity index is 1210. The first kappa shape index (κ1) is 20.0. The molecule has 0 amide bonds. The zero-order valence-corrected chi connectivity index (χ0v) is 18.0. The first-order valence-corrected chi connectivity index (χ1v) is 10.2. The van der Waals surface area contributed by atoms with Gasteiger partial charge in [-0.05, 0) is 61.2 Å².